The molecule has 1 aromatic carbocycles. The van der Waals surface area contributed by atoms with Gasteiger partial charge in [0.05, 0.1) is 0 Å². The molecule has 0 aliphatic heterocycles. The SMILES string of the molecule is O=C1C=C(c2c(F)cccc2F)CCC1. The first-order valence-electron chi connectivity index (χ1n) is 4.86. The molecule has 3 heteroatoms. The first-order valence-corrected chi connectivity index (χ1v) is 4.86. The van der Waals surface area contributed by atoms with Crippen LogP contribution in [0.5, 0.6) is 0 Å². The molecular formula is C12H10F2O. The number of carbonyl (C=O) groups is 1. The molecule has 2 rings (SSSR count). The van der Waals surface area contributed by atoms with E-state index < -0.39 is 11.6 Å². The van der Waals surface area contributed by atoms with Crippen LogP contribution in [0.1, 0.15) is 24.8 Å². The van der Waals surface area contributed by atoms with Crippen molar-refractivity contribution in [3.63, 3.8) is 0 Å². The quantitative estimate of drug-likeness (QED) is 0.693. The van der Waals surface area contributed by atoms with Crippen molar-refractivity contribution in [1.29, 1.82) is 0 Å². The lowest BCUT2D eigenvalue weighted by atomic mass is 9.92. The number of allylic oxidation sites excluding steroid dienone is 2. The fraction of sp³-hybridized carbons (Fsp3) is 0.250. The normalized spacial score (nSPS) is 16.4. The zero-order valence-corrected chi connectivity index (χ0v) is 8.09. The molecule has 0 radical (unpaired) electrons. The molecule has 1 aromatic rings. The number of carbonyl (C=O) groups excluding carboxylic acids is 1. The second-order valence-electron chi connectivity index (χ2n) is 3.59. The molecule has 0 unspecified atom stereocenters. The van der Waals surface area contributed by atoms with Crippen LogP contribution in [0.4, 0.5) is 8.78 Å². The summed E-state index contributed by atoms with van der Waals surface area (Å²) in [5.41, 5.74) is 0.424. The van der Waals surface area contributed by atoms with E-state index >= 15 is 0 Å². The molecule has 0 N–H and O–H groups in total. The lowest BCUT2D eigenvalue weighted by Crippen LogP contribution is -2.04. The van der Waals surface area contributed by atoms with E-state index in [-0.39, 0.29) is 11.3 Å². The van der Waals surface area contributed by atoms with Gasteiger partial charge in [-0.15, -0.1) is 0 Å². The maximum Gasteiger partial charge on any atom is 0.155 e. The van der Waals surface area contributed by atoms with Crippen LogP contribution in [-0.4, -0.2) is 5.78 Å². The van der Waals surface area contributed by atoms with Gasteiger partial charge in [0.15, 0.2) is 5.78 Å². The van der Waals surface area contributed by atoms with E-state index in [2.05, 4.69) is 0 Å². The van der Waals surface area contributed by atoms with Crippen LogP contribution in [0.15, 0.2) is 24.3 Å². The fourth-order valence-electron chi connectivity index (χ4n) is 1.79. The maximum atomic E-state index is 13.4. The average molecular weight is 208 g/mol. The summed E-state index contributed by atoms with van der Waals surface area (Å²) in [6.45, 7) is 0. The molecule has 0 fully saturated rings. The number of hydrogen-bond donors (Lipinski definition) is 0. The molecule has 78 valence electrons. The van der Waals surface area contributed by atoms with Crippen molar-refractivity contribution in [2.75, 3.05) is 0 Å². The Morgan fingerprint density at radius 2 is 1.73 bits per heavy atom. The lowest BCUT2D eigenvalue weighted by molar-refractivity contribution is -0.114. The van der Waals surface area contributed by atoms with E-state index in [1.54, 1.807) is 0 Å². The summed E-state index contributed by atoms with van der Waals surface area (Å²) in [4.78, 5) is 11.1. The first kappa shape index (κ1) is 10.0. The molecule has 1 aliphatic carbocycles. The highest BCUT2D eigenvalue weighted by atomic mass is 19.1. The summed E-state index contributed by atoms with van der Waals surface area (Å²) < 4.78 is 26.7. The van der Waals surface area contributed by atoms with Gasteiger partial charge in [0.2, 0.25) is 0 Å². The Bertz CT molecular complexity index is 415. The van der Waals surface area contributed by atoms with Crippen molar-refractivity contribution in [3.8, 4) is 0 Å². The average Bonchev–Trinajstić information content (AvgIpc) is 2.17. The van der Waals surface area contributed by atoms with E-state index in [9.17, 15) is 13.6 Å². The van der Waals surface area contributed by atoms with Gasteiger partial charge in [-0.3, -0.25) is 4.79 Å². The van der Waals surface area contributed by atoms with Crippen LogP contribution < -0.4 is 0 Å². The van der Waals surface area contributed by atoms with Crippen LogP contribution in [0.3, 0.4) is 0 Å². The Morgan fingerprint density at radius 3 is 2.33 bits per heavy atom. The third kappa shape index (κ3) is 1.96. The zero-order chi connectivity index (χ0) is 10.8. The minimum Gasteiger partial charge on any atom is -0.295 e. The third-order valence-electron chi connectivity index (χ3n) is 2.49. The Hall–Kier alpha value is -1.51. The van der Waals surface area contributed by atoms with Crippen molar-refractivity contribution in [3.05, 3.63) is 41.5 Å². The number of hydrogen-bond acceptors (Lipinski definition) is 1. The number of rotatable bonds is 1. The second kappa shape index (κ2) is 3.93. The predicted molar refractivity (Wildman–Crippen MR) is 53.2 cm³/mol. The van der Waals surface area contributed by atoms with Gasteiger partial charge in [0.1, 0.15) is 11.6 Å². The van der Waals surface area contributed by atoms with Gasteiger partial charge >= 0.3 is 0 Å². The van der Waals surface area contributed by atoms with Gasteiger partial charge in [-0.2, -0.15) is 0 Å². The minimum absolute atomic E-state index is 0.0504. The van der Waals surface area contributed by atoms with Crippen LogP contribution in [0.25, 0.3) is 5.57 Å². The van der Waals surface area contributed by atoms with E-state index in [1.807, 2.05) is 0 Å². The Labute approximate surface area is 86.4 Å². The molecule has 1 nitrogen and oxygen atoms in total. The lowest BCUT2D eigenvalue weighted by Gasteiger charge is -2.13. The molecule has 0 bridgehead atoms. The van der Waals surface area contributed by atoms with Crippen LogP contribution in [-0.2, 0) is 4.79 Å². The summed E-state index contributed by atoms with van der Waals surface area (Å²) >= 11 is 0. The van der Waals surface area contributed by atoms with E-state index in [0.717, 1.165) is 0 Å². The van der Waals surface area contributed by atoms with E-state index in [0.29, 0.717) is 24.8 Å². The molecular weight excluding hydrogens is 198 g/mol. The minimum atomic E-state index is -0.601. The number of benzene rings is 1. The molecule has 0 aromatic heterocycles. The van der Waals surface area contributed by atoms with Gasteiger partial charge < -0.3 is 0 Å². The van der Waals surface area contributed by atoms with Crippen molar-refractivity contribution in [1.82, 2.24) is 0 Å². The highest BCUT2D eigenvalue weighted by Gasteiger charge is 2.17. The Kier molecular flexibility index (Phi) is 2.62. The highest BCUT2D eigenvalue weighted by Crippen LogP contribution is 2.28. The Morgan fingerprint density at radius 1 is 1.07 bits per heavy atom. The summed E-state index contributed by atoms with van der Waals surface area (Å²) in [5.74, 6) is -1.26. The van der Waals surface area contributed by atoms with Gasteiger partial charge in [0, 0.05) is 12.0 Å². The van der Waals surface area contributed by atoms with Gasteiger partial charge in [-0.05, 0) is 36.6 Å². The van der Waals surface area contributed by atoms with Crippen molar-refractivity contribution >= 4 is 11.4 Å². The van der Waals surface area contributed by atoms with Crippen LogP contribution >= 0.6 is 0 Å². The second-order valence-corrected chi connectivity index (χ2v) is 3.59. The summed E-state index contributed by atoms with van der Waals surface area (Å²) in [6, 6.07) is 3.73. The fourth-order valence-corrected chi connectivity index (χ4v) is 1.79. The van der Waals surface area contributed by atoms with Gasteiger partial charge in [-0.1, -0.05) is 6.07 Å². The molecule has 0 saturated carbocycles. The highest BCUT2D eigenvalue weighted by molar-refractivity contribution is 5.98. The molecule has 0 spiro atoms. The third-order valence-corrected chi connectivity index (χ3v) is 2.49. The predicted octanol–water partition coefficient (Wildman–Crippen LogP) is 3.10. The largest absolute Gasteiger partial charge is 0.295 e. The molecule has 0 heterocycles. The molecule has 1 aliphatic rings. The summed E-state index contributed by atoms with van der Waals surface area (Å²) in [6.07, 6.45) is 3.05. The van der Waals surface area contributed by atoms with Crippen molar-refractivity contribution < 1.29 is 13.6 Å². The van der Waals surface area contributed by atoms with E-state index in [4.69, 9.17) is 0 Å². The van der Waals surface area contributed by atoms with Crippen molar-refractivity contribution in [2.24, 2.45) is 0 Å². The Balaban J connectivity index is 2.49. The monoisotopic (exact) mass is 208 g/mol. The van der Waals surface area contributed by atoms with Crippen LogP contribution in [0, 0.1) is 11.6 Å². The first-order chi connectivity index (χ1) is 7.18. The van der Waals surface area contributed by atoms with Crippen LogP contribution in [0.2, 0.25) is 0 Å². The van der Waals surface area contributed by atoms with Crippen molar-refractivity contribution in [2.45, 2.75) is 19.3 Å². The zero-order valence-electron chi connectivity index (χ0n) is 8.09. The standard InChI is InChI=1S/C12H10F2O/c13-10-5-2-6-11(14)12(10)8-3-1-4-9(15)7-8/h2,5-7H,1,3-4H2. The molecule has 0 amide bonds. The number of ketones is 1. The molecule has 15 heavy (non-hydrogen) atoms. The summed E-state index contributed by atoms with van der Waals surface area (Å²) in [7, 11) is 0. The number of halogens is 2. The summed E-state index contributed by atoms with van der Waals surface area (Å²) in [5, 5.41) is 0. The maximum absolute atomic E-state index is 13.4. The van der Waals surface area contributed by atoms with E-state index in [1.165, 1.54) is 24.3 Å². The topological polar surface area (TPSA) is 17.1 Å². The molecule has 0 atom stereocenters. The smallest absolute Gasteiger partial charge is 0.155 e. The van der Waals surface area contributed by atoms with Gasteiger partial charge in [-0.25, -0.2) is 8.78 Å². The van der Waals surface area contributed by atoms with Gasteiger partial charge in [0.25, 0.3) is 0 Å². The molecule has 0 saturated heterocycles.